The van der Waals surface area contributed by atoms with Gasteiger partial charge in [0.2, 0.25) is 0 Å². The number of hydrogen-bond donors (Lipinski definition) is 0. The second-order valence-corrected chi connectivity index (χ2v) is 6.67. The normalized spacial score (nSPS) is 13.2. The van der Waals surface area contributed by atoms with Gasteiger partial charge in [-0.25, -0.2) is 12.8 Å². The summed E-state index contributed by atoms with van der Waals surface area (Å²) in [6, 6.07) is 13.7. The smallest absolute Gasteiger partial charge is 0.180 e. The Hall–Kier alpha value is -1.39. The van der Waals surface area contributed by atoms with Gasteiger partial charge < -0.3 is 0 Å². The topological polar surface area (TPSA) is 34.1 Å². The third kappa shape index (κ3) is 3.55. The molecule has 0 saturated carbocycles. The minimum Gasteiger partial charge on any atom is -0.224 e. The first kappa shape index (κ1) is 14.0. The van der Waals surface area contributed by atoms with E-state index in [2.05, 4.69) is 0 Å². The van der Waals surface area contributed by atoms with Gasteiger partial charge in [0.15, 0.2) is 9.84 Å². The van der Waals surface area contributed by atoms with Crippen molar-refractivity contribution in [1.29, 1.82) is 0 Å². The lowest BCUT2D eigenvalue weighted by molar-refractivity contribution is 0.593. The van der Waals surface area contributed by atoms with Crippen molar-refractivity contribution < 1.29 is 12.8 Å². The van der Waals surface area contributed by atoms with E-state index in [0.717, 1.165) is 17.7 Å². The molecule has 0 bridgehead atoms. The minimum absolute atomic E-state index is 0.0791. The maximum Gasteiger partial charge on any atom is 0.180 e. The van der Waals surface area contributed by atoms with E-state index in [-0.39, 0.29) is 10.6 Å². The van der Waals surface area contributed by atoms with Crippen LogP contribution in [-0.2, 0) is 9.84 Å². The zero-order valence-corrected chi connectivity index (χ0v) is 11.5. The van der Waals surface area contributed by atoms with E-state index in [4.69, 9.17) is 11.6 Å². The first-order valence-corrected chi connectivity index (χ1v) is 7.75. The van der Waals surface area contributed by atoms with Crippen LogP contribution >= 0.6 is 11.6 Å². The number of sulfone groups is 1. The molecule has 0 heterocycles. The lowest BCUT2D eigenvalue weighted by Gasteiger charge is -2.10. The van der Waals surface area contributed by atoms with Crippen molar-refractivity contribution >= 4 is 21.4 Å². The van der Waals surface area contributed by atoms with Crippen molar-refractivity contribution in [2.75, 3.05) is 5.75 Å². The summed E-state index contributed by atoms with van der Waals surface area (Å²) in [5, 5.41) is -0.628. The Morgan fingerprint density at radius 3 is 2.16 bits per heavy atom. The van der Waals surface area contributed by atoms with E-state index in [9.17, 15) is 12.8 Å². The maximum absolute atomic E-state index is 12.8. The first-order valence-electron chi connectivity index (χ1n) is 5.66. The van der Waals surface area contributed by atoms with Crippen LogP contribution in [0.15, 0.2) is 59.5 Å². The van der Waals surface area contributed by atoms with Crippen molar-refractivity contribution in [1.82, 2.24) is 0 Å². The molecule has 1 atom stereocenters. The highest BCUT2D eigenvalue weighted by atomic mass is 35.5. The van der Waals surface area contributed by atoms with Crippen molar-refractivity contribution in [2.24, 2.45) is 0 Å². The van der Waals surface area contributed by atoms with Gasteiger partial charge >= 0.3 is 0 Å². The highest BCUT2D eigenvalue weighted by molar-refractivity contribution is 7.91. The van der Waals surface area contributed by atoms with Crippen molar-refractivity contribution in [2.45, 2.75) is 10.3 Å². The average Bonchev–Trinajstić information content (AvgIpc) is 2.40. The lowest BCUT2D eigenvalue weighted by Crippen LogP contribution is -2.11. The van der Waals surface area contributed by atoms with Crippen molar-refractivity contribution in [3.63, 3.8) is 0 Å². The predicted octanol–water partition coefficient (Wildman–Crippen LogP) is 3.58. The largest absolute Gasteiger partial charge is 0.224 e. The fourth-order valence-corrected chi connectivity index (χ4v) is 3.65. The summed E-state index contributed by atoms with van der Waals surface area (Å²) >= 11 is 6.12. The van der Waals surface area contributed by atoms with Gasteiger partial charge in [0.05, 0.1) is 16.0 Å². The van der Waals surface area contributed by atoms with Crippen LogP contribution in [0.5, 0.6) is 0 Å². The lowest BCUT2D eigenvalue weighted by atomic mass is 10.2. The highest BCUT2D eigenvalue weighted by Gasteiger charge is 2.20. The van der Waals surface area contributed by atoms with Crippen molar-refractivity contribution in [3.05, 3.63) is 66.0 Å². The minimum atomic E-state index is -3.52. The van der Waals surface area contributed by atoms with Gasteiger partial charge in [-0.1, -0.05) is 30.3 Å². The van der Waals surface area contributed by atoms with E-state index < -0.39 is 21.0 Å². The molecule has 2 rings (SSSR count). The molecular weight excluding hydrogens is 287 g/mol. The molecule has 5 heteroatoms. The molecule has 2 aromatic rings. The molecule has 100 valence electrons. The number of alkyl halides is 1. The summed E-state index contributed by atoms with van der Waals surface area (Å²) in [4.78, 5) is 0.0791. The van der Waals surface area contributed by atoms with Crippen LogP contribution in [0.1, 0.15) is 10.9 Å². The third-order valence-corrected chi connectivity index (χ3v) is 5.05. The van der Waals surface area contributed by atoms with E-state index in [1.165, 1.54) is 12.1 Å². The Morgan fingerprint density at radius 1 is 1.00 bits per heavy atom. The molecule has 0 aromatic heterocycles. The zero-order chi connectivity index (χ0) is 13.9. The van der Waals surface area contributed by atoms with Gasteiger partial charge in [-0.05, 0) is 29.8 Å². The number of rotatable bonds is 4. The van der Waals surface area contributed by atoms with Crippen LogP contribution in [-0.4, -0.2) is 14.2 Å². The van der Waals surface area contributed by atoms with E-state index in [1.807, 2.05) is 6.07 Å². The first-order chi connectivity index (χ1) is 8.99. The Bertz CT molecular complexity index is 639. The Kier molecular flexibility index (Phi) is 4.22. The molecule has 2 aromatic carbocycles. The molecule has 0 fully saturated rings. The summed E-state index contributed by atoms with van der Waals surface area (Å²) in [5.41, 5.74) is 0.745. The maximum atomic E-state index is 12.8. The van der Waals surface area contributed by atoms with Gasteiger partial charge in [0.1, 0.15) is 5.82 Å². The van der Waals surface area contributed by atoms with E-state index >= 15 is 0 Å². The van der Waals surface area contributed by atoms with Crippen molar-refractivity contribution in [3.8, 4) is 0 Å². The van der Waals surface area contributed by atoms with Gasteiger partial charge in [0.25, 0.3) is 0 Å². The Morgan fingerprint density at radius 2 is 1.58 bits per heavy atom. The van der Waals surface area contributed by atoms with Crippen LogP contribution in [0.2, 0.25) is 0 Å². The molecule has 0 spiro atoms. The standard InChI is InChI=1S/C14H12ClFO2S/c15-14(11-4-2-1-3-5-11)10-19(17,18)13-8-6-12(16)7-9-13/h1-9,14H,10H2/t14-/m0/s1. The summed E-state index contributed by atoms with van der Waals surface area (Å²) < 4.78 is 37.0. The van der Waals surface area contributed by atoms with Gasteiger partial charge in [-0.3, -0.25) is 0 Å². The molecule has 0 saturated heterocycles. The highest BCUT2D eigenvalue weighted by Crippen LogP contribution is 2.25. The summed E-state index contributed by atoms with van der Waals surface area (Å²) in [6.07, 6.45) is 0. The number of hydrogen-bond acceptors (Lipinski definition) is 2. The SMILES string of the molecule is O=S(=O)(C[C@H](Cl)c1ccccc1)c1ccc(F)cc1. The summed E-state index contributed by atoms with van der Waals surface area (Å²) in [7, 11) is -3.52. The molecule has 0 aliphatic rings. The van der Waals surface area contributed by atoms with Crippen LogP contribution in [0, 0.1) is 5.82 Å². The second-order valence-electron chi connectivity index (χ2n) is 4.11. The predicted molar refractivity (Wildman–Crippen MR) is 73.5 cm³/mol. The Balaban J connectivity index is 2.20. The van der Waals surface area contributed by atoms with Gasteiger partial charge in [-0.15, -0.1) is 11.6 Å². The fraction of sp³-hybridized carbons (Fsp3) is 0.143. The van der Waals surface area contributed by atoms with E-state index in [0.29, 0.717) is 0 Å². The molecule has 0 amide bonds. The van der Waals surface area contributed by atoms with Crippen LogP contribution < -0.4 is 0 Å². The molecule has 0 N–H and O–H groups in total. The summed E-state index contributed by atoms with van der Waals surface area (Å²) in [5.74, 6) is -0.686. The van der Waals surface area contributed by atoms with E-state index in [1.54, 1.807) is 24.3 Å². The molecule has 0 aliphatic carbocycles. The molecule has 0 aliphatic heterocycles. The van der Waals surface area contributed by atoms with Crippen LogP contribution in [0.3, 0.4) is 0 Å². The monoisotopic (exact) mass is 298 g/mol. The van der Waals surface area contributed by atoms with Crippen LogP contribution in [0.25, 0.3) is 0 Å². The molecule has 19 heavy (non-hydrogen) atoms. The average molecular weight is 299 g/mol. The quantitative estimate of drug-likeness (QED) is 0.638. The molecule has 0 unspecified atom stereocenters. The number of benzene rings is 2. The fourth-order valence-electron chi connectivity index (χ4n) is 1.69. The third-order valence-electron chi connectivity index (χ3n) is 2.70. The number of halogens is 2. The van der Waals surface area contributed by atoms with Crippen LogP contribution in [0.4, 0.5) is 4.39 Å². The Labute approximate surface area is 116 Å². The zero-order valence-electron chi connectivity index (χ0n) is 9.96. The van der Waals surface area contributed by atoms with Gasteiger partial charge in [0, 0.05) is 0 Å². The second kappa shape index (κ2) is 5.72. The summed E-state index contributed by atoms with van der Waals surface area (Å²) in [6.45, 7) is 0. The molecule has 2 nitrogen and oxygen atoms in total. The molecular formula is C14H12ClFO2S. The van der Waals surface area contributed by atoms with Gasteiger partial charge in [-0.2, -0.15) is 0 Å². The molecule has 0 radical (unpaired) electrons.